The molecule has 0 aliphatic heterocycles. The predicted molar refractivity (Wildman–Crippen MR) is 78.5 cm³/mol. The SMILES string of the molecule is CNCc1c(C)cc(C)nc1OC1CCCC(C)C1. The van der Waals surface area contributed by atoms with Crippen molar-refractivity contribution >= 4 is 0 Å². The van der Waals surface area contributed by atoms with E-state index in [-0.39, 0.29) is 0 Å². The summed E-state index contributed by atoms with van der Waals surface area (Å²) in [5, 5.41) is 3.21. The van der Waals surface area contributed by atoms with Crippen LogP contribution in [-0.4, -0.2) is 18.1 Å². The smallest absolute Gasteiger partial charge is 0.218 e. The van der Waals surface area contributed by atoms with E-state index in [1.54, 1.807) is 0 Å². The van der Waals surface area contributed by atoms with E-state index in [1.807, 2.05) is 14.0 Å². The van der Waals surface area contributed by atoms with Gasteiger partial charge in [0.2, 0.25) is 5.88 Å². The highest BCUT2D eigenvalue weighted by Crippen LogP contribution is 2.29. The van der Waals surface area contributed by atoms with Gasteiger partial charge in [-0.2, -0.15) is 0 Å². The number of aromatic nitrogens is 1. The lowest BCUT2D eigenvalue weighted by molar-refractivity contribution is 0.122. The van der Waals surface area contributed by atoms with Crippen molar-refractivity contribution in [3.05, 3.63) is 22.9 Å². The van der Waals surface area contributed by atoms with Crippen LogP contribution in [0.3, 0.4) is 0 Å². The first-order valence-electron chi connectivity index (χ1n) is 7.38. The van der Waals surface area contributed by atoms with Gasteiger partial charge in [0, 0.05) is 17.8 Å². The minimum atomic E-state index is 0.341. The highest BCUT2D eigenvalue weighted by atomic mass is 16.5. The molecule has 0 saturated heterocycles. The summed E-state index contributed by atoms with van der Waals surface area (Å²) in [5.74, 6) is 1.61. The Morgan fingerprint density at radius 3 is 2.84 bits per heavy atom. The monoisotopic (exact) mass is 262 g/mol. The first-order chi connectivity index (χ1) is 9.10. The molecule has 19 heavy (non-hydrogen) atoms. The van der Waals surface area contributed by atoms with Crippen molar-refractivity contribution < 1.29 is 4.74 Å². The molecule has 2 rings (SSSR count). The molecule has 2 unspecified atom stereocenters. The van der Waals surface area contributed by atoms with Crippen LogP contribution in [0, 0.1) is 19.8 Å². The maximum absolute atomic E-state index is 6.22. The second-order valence-electron chi connectivity index (χ2n) is 5.91. The zero-order valence-corrected chi connectivity index (χ0v) is 12.6. The summed E-state index contributed by atoms with van der Waals surface area (Å²) in [5.41, 5.74) is 3.50. The van der Waals surface area contributed by atoms with Gasteiger partial charge in [0.1, 0.15) is 6.10 Å². The van der Waals surface area contributed by atoms with Crippen molar-refractivity contribution in [3.63, 3.8) is 0 Å². The lowest BCUT2D eigenvalue weighted by Crippen LogP contribution is -2.25. The molecule has 1 aromatic heterocycles. The Labute approximate surface area is 116 Å². The van der Waals surface area contributed by atoms with Crippen molar-refractivity contribution in [2.75, 3.05) is 7.05 Å². The third kappa shape index (κ3) is 3.69. The number of aryl methyl sites for hydroxylation is 2. The molecule has 0 bridgehead atoms. The average molecular weight is 262 g/mol. The van der Waals surface area contributed by atoms with Crippen LogP contribution in [0.25, 0.3) is 0 Å². The Morgan fingerprint density at radius 1 is 1.37 bits per heavy atom. The van der Waals surface area contributed by atoms with Crippen LogP contribution in [0.15, 0.2) is 6.07 Å². The Balaban J connectivity index is 2.17. The number of ether oxygens (including phenoxy) is 1. The Hall–Kier alpha value is -1.09. The third-order valence-electron chi connectivity index (χ3n) is 3.96. The lowest BCUT2D eigenvalue weighted by atomic mass is 9.89. The first kappa shape index (κ1) is 14.3. The second-order valence-corrected chi connectivity index (χ2v) is 5.91. The van der Waals surface area contributed by atoms with Crippen molar-refractivity contribution in [1.82, 2.24) is 10.3 Å². The lowest BCUT2D eigenvalue weighted by Gasteiger charge is -2.28. The molecular formula is C16H26N2O. The quantitative estimate of drug-likeness (QED) is 0.903. The molecule has 0 radical (unpaired) electrons. The Morgan fingerprint density at radius 2 is 2.16 bits per heavy atom. The molecule has 1 heterocycles. The Kier molecular flexibility index (Phi) is 4.81. The molecule has 1 N–H and O–H groups in total. The Bertz CT molecular complexity index is 431. The van der Waals surface area contributed by atoms with Crippen LogP contribution in [0.5, 0.6) is 5.88 Å². The van der Waals surface area contributed by atoms with Crippen LogP contribution in [-0.2, 0) is 6.54 Å². The molecule has 0 amide bonds. The largest absolute Gasteiger partial charge is 0.474 e. The van der Waals surface area contributed by atoms with Gasteiger partial charge in [-0.05, 0) is 57.7 Å². The van der Waals surface area contributed by atoms with Gasteiger partial charge < -0.3 is 10.1 Å². The van der Waals surface area contributed by atoms with E-state index in [9.17, 15) is 0 Å². The molecular weight excluding hydrogens is 236 g/mol. The molecule has 106 valence electrons. The van der Waals surface area contributed by atoms with Gasteiger partial charge in [0.25, 0.3) is 0 Å². The van der Waals surface area contributed by atoms with Gasteiger partial charge in [-0.15, -0.1) is 0 Å². The van der Waals surface area contributed by atoms with Gasteiger partial charge >= 0.3 is 0 Å². The molecule has 1 aromatic rings. The van der Waals surface area contributed by atoms with Crippen LogP contribution < -0.4 is 10.1 Å². The van der Waals surface area contributed by atoms with E-state index in [0.717, 1.165) is 36.9 Å². The summed E-state index contributed by atoms with van der Waals surface area (Å²) in [6, 6.07) is 2.13. The fourth-order valence-corrected chi connectivity index (χ4v) is 2.96. The number of rotatable bonds is 4. The summed E-state index contributed by atoms with van der Waals surface area (Å²) in [7, 11) is 1.96. The van der Waals surface area contributed by atoms with Crippen molar-refractivity contribution in [3.8, 4) is 5.88 Å². The molecule has 0 spiro atoms. The van der Waals surface area contributed by atoms with E-state index in [0.29, 0.717) is 6.10 Å². The van der Waals surface area contributed by atoms with E-state index in [2.05, 4.69) is 30.2 Å². The number of nitrogens with zero attached hydrogens (tertiary/aromatic N) is 1. The molecule has 0 aromatic carbocycles. The van der Waals surface area contributed by atoms with E-state index < -0.39 is 0 Å². The number of nitrogens with one attached hydrogen (secondary N) is 1. The van der Waals surface area contributed by atoms with Gasteiger partial charge in [-0.3, -0.25) is 0 Å². The van der Waals surface area contributed by atoms with Gasteiger partial charge in [0.15, 0.2) is 0 Å². The van der Waals surface area contributed by atoms with Gasteiger partial charge in [-0.25, -0.2) is 4.98 Å². The van der Waals surface area contributed by atoms with E-state index in [1.165, 1.54) is 24.0 Å². The number of pyridine rings is 1. The van der Waals surface area contributed by atoms with E-state index >= 15 is 0 Å². The molecule has 1 fully saturated rings. The van der Waals surface area contributed by atoms with Crippen LogP contribution >= 0.6 is 0 Å². The molecule has 1 saturated carbocycles. The first-order valence-corrected chi connectivity index (χ1v) is 7.38. The van der Waals surface area contributed by atoms with Crippen molar-refractivity contribution in [2.24, 2.45) is 5.92 Å². The topological polar surface area (TPSA) is 34.2 Å². The van der Waals surface area contributed by atoms with Gasteiger partial charge in [-0.1, -0.05) is 13.3 Å². The summed E-state index contributed by atoms with van der Waals surface area (Å²) in [6.45, 7) is 7.31. The molecule has 3 heteroatoms. The van der Waals surface area contributed by atoms with Crippen LogP contribution in [0.1, 0.15) is 49.4 Å². The van der Waals surface area contributed by atoms with E-state index in [4.69, 9.17) is 4.74 Å². The summed E-state index contributed by atoms with van der Waals surface area (Å²) in [6.07, 6.45) is 5.28. The minimum absolute atomic E-state index is 0.341. The average Bonchev–Trinajstić information content (AvgIpc) is 2.33. The zero-order valence-electron chi connectivity index (χ0n) is 12.6. The summed E-state index contributed by atoms with van der Waals surface area (Å²) >= 11 is 0. The van der Waals surface area contributed by atoms with Crippen molar-refractivity contribution in [2.45, 2.75) is 59.1 Å². The summed E-state index contributed by atoms with van der Waals surface area (Å²) < 4.78 is 6.22. The fourth-order valence-electron chi connectivity index (χ4n) is 2.96. The minimum Gasteiger partial charge on any atom is -0.474 e. The second kappa shape index (κ2) is 6.38. The molecule has 1 aliphatic carbocycles. The highest BCUT2D eigenvalue weighted by Gasteiger charge is 2.22. The molecule has 2 atom stereocenters. The number of hydrogen-bond acceptors (Lipinski definition) is 3. The maximum atomic E-state index is 6.22. The predicted octanol–water partition coefficient (Wildman–Crippen LogP) is 3.38. The van der Waals surface area contributed by atoms with Gasteiger partial charge in [0.05, 0.1) is 0 Å². The van der Waals surface area contributed by atoms with Crippen molar-refractivity contribution in [1.29, 1.82) is 0 Å². The standard InChI is InChI=1S/C16H26N2O/c1-11-6-5-7-14(8-11)19-16-15(10-17-4)12(2)9-13(3)18-16/h9,11,14,17H,5-8,10H2,1-4H3. The number of hydrogen-bond donors (Lipinski definition) is 1. The normalized spacial score (nSPS) is 23.4. The third-order valence-corrected chi connectivity index (χ3v) is 3.96. The maximum Gasteiger partial charge on any atom is 0.218 e. The zero-order chi connectivity index (χ0) is 13.8. The molecule has 3 nitrogen and oxygen atoms in total. The highest BCUT2D eigenvalue weighted by molar-refractivity contribution is 5.36. The summed E-state index contributed by atoms with van der Waals surface area (Å²) in [4.78, 5) is 4.61. The van der Waals surface area contributed by atoms with Crippen LogP contribution in [0.2, 0.25) is 0 Å². The van der Waals surface area contributed by atoms with Crippen LogP contribution in [0.4, 0.5) is 0 Å². The fraction of sp³-hybridized carbons (Fsp3) is 0.688. The molecule has 1 aliphatic rings.